The average molecular weight is 288 g/mol. The van der Waals surface area contributed by atoms with E-state index in [0.29, 0.717) is 23.3 Å². The molecule has 7 nitrogen and oxygen atoms in total. The average Bonchev–Trinajstić information content (AvgIpc) is 2.53. The number of benzene rings is 1. The fourth-order valence-corrected chi connectivity index (χ4v) is 2.80. The SMILES string of the molecule is O=[N+]([O-])c1ccc2ncnc(N3CCCC(CO)C3)c2c1. The molecule has 0 bridgehead atoms. The van der Waals surface area contributed by atoms with E-state index in [4.69, 9.17) is 0 Å². The fraction of sp³-hybridized carbons (Fsp3) is 0.429. The van der Waals surface area contributed by atoms with Crippen molar-refractivity contribution in [1.82, 2.24) is 9.97 Å². The maximum absolute atomic E-state index is 10.9. The van der Waals surface area contributed by atoms with Crippen LogP contribution in [-0.4, -0.2) is 39.7 Å². The van der Waals surface area contributed by atoms with Crippen molar-refractivity contribution in [1.29, 1.82) is 0 Å². The Kier molecular flexibility index (Phi) is 3.66. The summed E-state index contributed by atoms with van der Waals surface area (Å²) in [5.74, 6) is 0.935. The van der Waals surface area contributed by atoms with Crippen LogP contribution in [0.25, 0.3) is 10.9 Å². The first-order valence-electron chi connectivity index (χ1n) is 6.94. The largest absolute Gasteiger partial charge is 0.396 e. The zero-order chi connectivity index (χ0) is 14.8. The standard InChI is InChI=1S/C14H16N4O3/c19-8-10-2-1-5-17(7-10)14-12-6-11(18(20)21)3-4-13(12)15-9-16-14/h3-4,6,9-10,19H,1-2,5,7-8H2. The van der Waals surface area contributed by atoms with E-state index in [1.807, 2.05) is 0 Å². The zero-order valence-electron chi connectivity index (χ0n) is 11.5. The van der Waals surface area contributed by atoms with Crippen LogP contribution in [0.1, 0.15) is 12.8 Å². The zero-order valence-corrected chi connectivity index (χ0v) is 11.5. The number of piperidine rings is 1. The molecule has 1 atom stereocenters. The second kappa shape index (κ2) is 5.61. The molecule has 110 valence electrons. The highest BCUT2D eigenvalue weighted by atomic mass is 16.6. The molecule has 1 aliphatic rings. The molecule has 0 saturated carbocycles. The molecule has 1 aliphatic heterocycles. The lowest BCUT2D eigenvalue weighted by Gasteiger charge is -2.33. The van der Waals surface area contributed by atoms with Crippen LogP contribution in [0.2, 0.25) is 0 Å². The number of non-ortho nitro benzene ring substituents is 1. The molecule has 2 aromatic rings. The van der Waals surface area contributed by atoms with Gasteiger partial charge in [0.25, 0.3) is 5.69 Å². The third-order valence-corrected chi connectivity index (χ3v) is 3.89. The van der Waals surface area contributed by atoms with Crippen molar-refractivity contribution in [2.24, 2.45) is 5.92 Å². The van der Waals surface area contributed by atoms with Crippen molar-refractivity contribution in [3.8, 4) is 0 Å². The maximum atomic E-state index is 10.9. The van der Waals surface area contributed by atoms with E-state index in [1.165, 1.54) is 18.5 Å². The number of anilines is 1. The number of nitro groups is 1. The van der Waals surface area contributed by atoms with Crippen molar-refractivity contribution in [2.45, 2.75) is 12.8 Å². The summed E-state index contributed by atoms with van der Waals surface area (Å²) in [4.78, 5) is 21.1. The third-order valence-electron chi connectivity index (χ3n) is 3.89. The Balaban J connectivity index is 2.04. The number of rotatable bonds is 3. The molecule has 1 fully saturated rings. The summed E-state index contributed by atoms with van der Waals surface area (Å²) >= 11 is 0. The molecule has 1 unspecified atom stereocenters. The van der Waals surface area contributed by atoms with Gasteiger partial charge < -0.3 is 10.0 Å². The van der Waals surface area contributed by atoms with Gasteiger partial charge in [-0.25, -0.2) is 9.97 Å². The summed E-state index contributed by atoms with van der Waals surface area (Å²) in [6.07, 6.45) is 3.45. The van der Waals surface area contributed by atoms with Gasteiger partial charge in [-0.3, -0.25) is 10.1 Å². The van der Waals surface area contributed by atoms with Crippen LogP contribution in [-0.2, 0) is 0 Å². The van der Waals surface area contributed by atoms with Crippen LogP contribution in [0.4, 0.5) is 11.5 Å². The first-order chi connectivity index (χ1) is 10.2. The first-order valence-corrected chi connectivity index (χ1v) is 6.94. The van der Waals surface area contributed by atoms with Crippen molar-refractivity contribution in [3.63, 3.8) is 0 Å². The van der Waals surface area contributed by atoms with Crippen LogP contribution in [0.5, 0.6) is 0 Å². The number of aliphatic hydroxyl groups is 1. The molecule has 0 radical (unpaired) electrons. The molecule has 21 heavy (non-hydrogen) atoms. The van der Waals surface area contributed by atoms with Gasteiger partial charge in [0.1, 0.15) is 12.1 Å². The van der Waals surface area contributed by atoms with Crippen molar-refractivity contribution in [2.75, 3.05) is 24.6 Å². The first kappa shape index (κ1) is 13.7. The predicted molar refractivity (Wildman–Crippen MR) is 78.2 cm³/mol. The summed E-state index contributed by atoms with van der Waals surface area (Å²) in [5, 5.41) is 21.0. The normalized spacial score (nSPS) is 18.9. The Morgan fingerprint density at radius 3 is 3.05 bits per heavy atom. The predicted octanol–water partition coefficient (Wildman–Crippen LogP) is 1.75. The summed E-state index contributed by atoms with van der Waals surface area (Å²) in [6, 6.07) is 4.62. The van der Waals surface area contributed by atoms with Gasteiger partial charge in [0.15, 0.2) is 0 Å². The maximum Gasteiger partial charge on any atom is 0.270 e. The van der Waals surface area contributed by atoms with Crippen LogP contribution in [0.3, 0.4) is 0 Å². The molecule has 1 aromatic heterocycles. The van der Waals surface area contributed by atoms with Crippen LogP contribution < -0.4 is 4.90 Å². The Bertz CT molecular complexity index is 676. The summed E-state index contributed by atoms with van der Waals surface area (Å²) in [7, 11) is 0. The molecule has 7 heteroatoms. The Hall–Kier alpha value is -2.28. The Labute approximate surface area is 121 Å². The Morgan fingerprint density at radius 1 is 1.43 bits per heavy atom. The van der Waals surface area contributed by atoms with E-state index in [9.17, 15) is 15.2 Å². The lowest BCUT2D eigenvalue weighted by atomic mass is 9.99. The molecular weight excluding hydrogens is 272 g/mol. The third kappa shape index (κ3) is 2.64. The highest BCUT2D eigenvalue weighted by Gasteiger charge is 2.22. The van der Waals surface area contributed by atoms with Gasteiger partial charge in [-0.1, -0.05) is 0 Å². The second-order valence-corrected chi connectivity index (χ2v) is 5.29. The highest BCUT2D eigenvalue weighted by Crippen LogP contribution is 2.29. The molecule has 0 spiro atoms. The van der Waals surface area contributed by atoms with Crippen molar-refractivity contribution in [3.05, 3.63) is 34.6 Å². The molecule has 1 aromatic carbocycles. The number of hydrogen-bond acceptors (Lipinski definition) is 6. The monoisotopic (exact) mass is 288 g/mol. The minimum absolute atomic E-state index is 0.0364. The van der Waals surface area contributed by atoms with Gasteiger partial charge in [0.2, 0.25) is 0 Å². The highest BCUT2D eigenvalue weighted by molar-refractivity contribution is 5.91. The topological polar surface area (TPSA) is 92.4 Å². The van der Waals surface area contributed by atoms with E-state index in [-0.39, 0.29) is 18.2 Å². The number of nitro benzene ring substituents is 1. The number of aromatic nitrogens is 2. The van der Waals surface area contributed by atoms with Crippen molar-refractivity contribution < 1.29 is 10.0 Å². The number of fused-ring (bicyclic) bond motifs is 1. The van der Waals surface area contributed by atoms with E-state index in [2.05, 4.69) is 14.9 Å². The summed E-state index contributed by atoms with van der Waals surface area (Å²) < 4.78 is 0. The van der Waals surface area contributed by atoms with Gasteiger partial charge in [-0.2, -0.15) is 0 Å². The van der Waals surface area contributed by atoms with Gasteiger partial charge in [0.05, 0.1) is 10.4 Å². The Morgan fingerprint density at radius 2 is 2.29 bits per heavy atom. The minimum atomic E-state index is -0.414. The van der Waals surface area contributed by atoms with Crippen LogP contribution in [0.15, 0.2) is 24.5 Å². The smallest absolute Gasteiger partial charge is 0.270 e. The molecule has 1 saturated heterocycles. The van der Waals surface area contributed by atoms with E-state index in [0.717, 1.165) is 19.4 Å². The van der Waals surface area contributed by atoms with E-state index < -0.39 is 4.92 Å². The van der Waals surface area contributed by atoms with Crippen LogP contribution in [0, 0.1) is 16.0 Å². The minimum Gasteiger partial charge on any atom is -0.396 e. The van der Waals surface area contributed by atoms with E-state index in [1.54, 1.807) is 6.07 Å². The fourth-order valence-electron chi connectivity index (χ4n) is 2.80. The molecule has 0 aliphatic carbocycles. The quantitative estimate of drug-likeness (QED) is 0.683. The number of aliphatic hydroxyl groups excluding tert-OH is 1. The van der Waals surface area contributed by atoms with E-state index >= 15 is 0 Å². The second-order valence-electron chi connectivity index (χ2n) is 5.29. The number of nitrogens with zero attached hydrogens (tertiary/aromatic N) is 4. The molecular formula is C14H16N4O3. The molecule has 1 N–H and O–H groups in total. The lowest BCUT2D eigenvalue weighted by Crippen LogP contribution is -2.37. The lowest BCUT2D eigenvalue weighted by molar-refractivity contribution is -0.384. The van der Waals surface area contributed by atoms with Gasteiger partial charge in [0, 0.05) is 37.2 Å². The summed E-state index contributed by atoms with van der Waals surface area (Å²) in [5.41, 5.74) is 0.728. The van der Waals surface area contributed by atoms with Gasteiger partial charge in [-0.05, 0) is 24.8 Å². The molecule has 3 rings (SSSR count). The summed E-state index contributed by atoms with van der Waals surface area (Å²) in [6.45, 7) is 1.70. The van der Waals surface area contributed by atoms with Gasteiger partial charge >= 0.3 is 0 Å². The van der Waals surface area contributed by atoms with Crippen molar-refractivity contribution >= 4 is 22.4 Å². The van der Waals surface area contributed by atoms with Crippen LogP contribution >= 0.6 is 0 Å². The molecule has 0 amide bonds. The van der Waals surface area contributed by atoms with Gasteiger partial charge in [-0.15, -0.1) is 0 Å². The number of hydrogen-bond donors (Lipinski definition) is 1. The molecule has 2 heterocycles.